The van der Waals surface area contributed by atoms with Gasteiger partial charge in [-0.2, -0.15) is 0 Å². The number of nitrogens with one attached hydrogen (secondary N) is 1. The first-order chi connectivity index (χ1) is 14.4. The van der Waals surface area contributed by atoms with Gasteiger partial charge in [0.15, 0.2) is 5.75 Å². The lowest BCUT2D eigenvalue weighted by Crippen LogP contribution is -2.52. The highest BCUT2D eigenvalue weighted by Gasteiger charge is 2.33. The third kappa shape index (κ3) is 7.17. The van der Waals surface area contributed by atoms with Gasteiger partial charge in [-0.25, -0.2) is 13.6 Å². The Hall–Kier alpha value is -2.21. The topological polar surface area (TPSA) is 174 Å². The number of hydrogen-bond donors (Lipinski definition) is 6. The van der Waals surface area contributed by atoms with Crippen molar-refractivity contribution in [1.29, 1.82) is 0 Å². The number of aliphatic hydroxyl groups is 2. The van der Waals surface area contributed by atoms with Gasteiger partial charge in [-0.05, 0) is 49.6 Å². The molecule has 0 aliphatic carbocycles. The van der Waals surface area contributed by atoms with Crippen LogP contribution in [-0.4, -0.2) is 37.1 Å². The Balaban J connectivity index is 2.59. The van der Waals surface area contributed by atoms with Crippen molar-refractivity contribution in [1.82, 2.24) is 0 Å². The number of para-hydroxylation sites is 1. The van der Waals surface area contributed by atoms with E-state index in [4.69, 9.17) is 21.3 Å². The van der Waals surface area contributed by atoms with E-state index < -0.39 is 27.9 Å². The van der Waals surface area contributed by atoms with Crippen molar-refractivity contribution in [2.45, 2.75) is 50.0 Å². The number of hydrogen-bond acceptors (Lipinski definition) is 8. The highest BCUT2D eigenvalue weighted by atomic mass is 32.2. The summed E-state index contributed by atoms with van der Waals surface area (Å²) in [6.07, 6.45) is 0.370. The number of benzene rings is 2. The van der Waals surface area contributed by atoms with Crippen LogP contribution in [-0.2, 0) is 16.4 Å². The highest BCUT2D eigenvalue weighted by molar-refractivity contribution is 7.89. The van der Waals surface area contributed by atoms with Gasteiger partial charge in [-0.3, -0.25) is 0 Å². The van der Waals surface area contributed by atoms with Gasteiger partial charge in [0.1, 0.15) is 22.6 Å². The van der Waals surface area contributed by atoms with E-state index in [0.717, 1.165) is 12.8 Å². The first-order valence-corrected chi connectivity index (χ1v) is 11.6. The van der Waals surface area contributed by atoms with Crippen LogP contribution in [0.1, 0.15) is 32.3 Å². The van der Waals surface area contributed by atoms with Crippen molar-refractivity contribution >= 4 is 15.7 Å². The van der Waals surface area contributed by atoms with Crippen LogP contribution in [0.15, 0.2) is 47.4 Å². The van der Waals surface area contributed by atoms with Crippen molar-refractivity contribution < 1.29 is 23.4 Å². The Morgan fingerprint density at radius 3 is 2.39 bits per heavy atom. The Labute approximate surface area is 183 Å². The van der Waals surface area contributed by atoms with E-state index in [-0.39, 0.29) is 17.1 Å². The van der Waals surface area contributed by atoms with Crippen LogP contribution in [0.25, 0.3) is 0 Å². The van der Waals surface area contributed by atoms with Gasteiger partial charge < -0.3 is 31.7 Å². The Bertz CT molecular complexity index is 960. The second kappa shape index (κ2) is 10.4. The molecule has 2 aromatic carbocycles. The van der Waals surface area contributed by atoms with Crippen LogP contribution >= 0.6 is 0 Å². The van der Waals surface area contributed by atoms with Crippen molar-refractivity contribution in [3.8, 4) is 11.5 Å². The standard InChI is InChI=1S/C21H32N4O5S/c1-3-4-10-25-17-12-14(11-16(20(22)26)21(2,23)27)13-18(31(24,28)29)19(17)30-15-8-6-5-7-9-15/h5-9,12-13,16,20,25-27H,3-4,10-11,22-23H2,1-2H3,(H2,24,28,29). The number of rotatable bonds is 11. The average molecular weight is 453 g/mol. The SMILES string of the molecule is CCCCNc1cc(CC(C(N)O)C(C)(N)O)cc(S(N)(=O)=O)c1Oc1ccccc1. The van der Waals surface area contributed by atoms with Crippen molar-refractivity contribution in [2.24, 2.45) is 22.5 Å². The van der Waals surface area contributed by atoms with E-state index in [2.05, 4.69) is 5.32 Å². The zero-order chi connectivity index (χ0) is 23.2. The summed E-state index contributed by atoms with van der Waals surface area (Å²) in [6.45, 7) is 3.93. The molecule has 0 saturated carbocycles. The van der Waals surface area contributed by atoms with E-state index in [1.807, 2.05) is 13.0 Å². The predicted molar refractivity (Wildman–Crippen MR) is 120 cm³/mol. The van der Waals surface area contributed by atoms with Crippen LogP contribution in [0.5, 0.6) is 11.5 Å². The molecule has 10 heteroatoms. The number of ether oxygens (including phenoxy) is 1. The summed E-state index contributed by atoms with van der Waals surface area (Å²) in [5.74, 6) is -0.443. The predicted octanol–water partition coefficient (Wildman–Crippen LogP) is 1.44. The van der Waals surface area contributed by atoms with E-state index in [9.17, 15) is 18.6 Å². The molecule has 0 fully saturated rings. The average Bonchev–Trinajstić information content (AvgIpc) is 2.66. The number of anilines is 1. The first kappa shape index (κ1) is 25.1. The molecule has 0 radical (unpaired) electrons. The summed E-state index contributed by atoms with van der Waals surface area (Å²) in [5.41, 5.74) is 10.4. The van der Waals surface area contributed by atoms with Gasteiger partial charge in [-0.1, -0.05) is 31.5 Å². The second-order valence-electron chi connectivity index (χ2n) is 7.74. The molecule has 31 heavy (non-hydrogen) atoms. The molecule has 0 amide bonds. The van der Waals surface area contributed by atoms with Gasteiger partial charge in [0.25, 0.3) is 0 Å². The second-order valence-corrected chi connectivity index (χ2v) is 9.27. The Morgan fingerprint density at radius 2 is 1.87 bits per heavy atom. The van der Waals surface area contributed by atoms with E-state index in [1.165, 1.54) is 13.0 Å². The molecular weight excluding hydrogens is 420 g/mol. The molecule has 0 saturated heterocycles. The Kier molecular flexibility index (Phi) is 8.41. The largest absolute Gasteiger partial charge is 0.454 e. The monoisotopic (exact) mass is 452 g/mol. The smallest absolute Gasteiger partial charge is 0.241 e. The number of primary sulfonamides is 1. The van der Waals surface area contributed by atoms with E-state index >= 15 is 0 Å². The molecule has 3 atom stereocenters. The summed E-state index contributed by atoms with van der Waals surface area (Å²) in [5, 5.41) is 28.8. The third-order valence-corrected chi connectivity index (χ3v) is 5.76. The maximum atomic E-state index is 12.4. The fourth-order valence-corrected chi connectivity index (χ4v) is 3.88. The zero-order valence-corrected chi connectivity index (χ0v) is 18.6. The summed E-state index contributed by atoms with van der Waals surface area (Å²) < 4.78 is 30.7. The highest BCUT2D eigenvalue weighted by Crippen LogP contribution is 2.38. The number of nitrogens with two attached hydrogens (primary N) is 3. The summed E-state index contributed by atoms with van der Waals surface area (Å²) >= 11 is 0. The van der Waals surface area contributed by atoms with Gasteiger partial charge in [0, 0.05) is 12.5 Å². The van der Waals surface area contributed by atoms with Crippen LogP contribution in [0, 0.1) is 5.92 Å². The molecule has 172 valence electrons. The maximum absolute atomic E-state index is 12.4. The Morgan fingerprint density at radius 1 is 1.23 bits per heavy atom. The molecular formula is C21H32N4O5S. The zero-order valence-electron chi connectivity index (χ0n) is 17.8. The lowest BCUT2D eigenvalue weighted by Gasteiger charge is -2.31. The molecule has 0 heterocycles. The van der Waals surface area contributed by atoms with Gasteiger partial charge >= 0.3 is 0 Å². The van der Waals surface area contributed by atoms with Gasteiger partial charge in [0.2, 0.25) is 10.0 Å². The summed E-state index contributed by atoms with van der Waals surface area (Å²) in [6, 6.07) is 11.8. The maximum Gasteiger partial charge on any atom is 0.241 e. The molecule has 0 bridgehead atoms. The molecule has 2 aromatic rings. The number of aliphatic hydroxyl groups excluding tert-OH is 1. The van der Waals surface area contributed by atoms with Crippen molar-refractivity contribution in [3.63, 3.8) is 0 Å². The molecule has 3 unspecified atom stereocenters. The number of sulfonamides is 1. The molecule has 0 aliphatic heterocycles. The van der Waals surface area contributed by atoms with Crippen LogP contribution < -0.4 is 26.7 Å². The lowest BCUT2D eigenvalue weighted by molar-refractivity contribution is -0.0526. The lowest BCUT2D eigenvalue weighted by atomic mass is 9.89. The minimum atomic E-state index is -4.17. The molecule has 9 nitrogen and oxygen atoms in total. The fourth-order valence-electron chi connectivity index (χ4n) is 3.16. The third-order valence-electron chi connectivity index (χ3n) is 4.85. The van der Waals surface area contributed by atoms with E-state index in [0.29, 0.717) is 23.5 Å². The minimum absolute atomic E-state index is 0.0117. The van der Waals surface area contributed by atoms with Gasteiger partial charge in [-0.15, -0.1) is 0 Å². The summed E-state index contributed by atoms with van der Waals surface area (Å²) in [4.78, 5) is -0.227. The fraction of sp³-hybridized carbons (Fsp3) is 0.429. The molecule has 0 aliphatic rings. The van der Waals surface area contributed by atoms with Crippen LogP contribution in [0.3, 0.4) is 0 Å². The first-order valence-electron chi connectivity index (χ1n) is 10.0. The quantitative estimate of drug-likeness (QED) is 0.219. The normalized spacial score (nSPS) is 15.7. The summed E-state index contributed by atoms with van der Waals surface area (Å²) in [7, 11) is -4.17. The van der Waals surface area contributed by atoms with Crippen molar-refractivity contribution in [2.75, 3.05) is 11.9 Å². The minimum Gasteiger partial charge on any atom is -0.454 e. The van der Waals surface area contributed by atoms with E-state index in [1.54, 1.807) is 30.3 Å². The van der Waals surface area contributed by atoms with Crippen molar-refractivity contribution in [3.05, 3.63) is 48.0 Å². The molecule has 2 rings (SSSR count). The molecule has 0 aromatic heterocycles. The number of unbranched alkanes of at least 4 members (excludes halogenated alkanes) is 1. The van der Waals surface area contributed by atoms with Crippen LogP contribution in [0.2, 0.25) is 0 Å². The van der Waals surface area contributed by atoms with Crippen LogP contribution in [0.4, 0.5) is 5.69 Å². The molecule has 9 N–H and O–H groups in total. The molecule has 0 spiro atoms. The van der Waals surface area contributed by atoms with Gasteiger partial charge in [0.05, 0.1) is 5.69 Å².